The first-order valence-electron chi connectivity index (χ1n) is 11.4. The lowest BCUT2D eigenvalue weighted by Gasteiger charge is -2.19. The van der Waals surface area contributed by atoms with Crippen molar-refractivity contribution in [2.75, 3.05) is 17.2 Å². The van der Waals surface area contributed by atoms with Gasteiger partial charge >= 0.3 is 6.18 Å². The Labute approximate surface area is 198 Å². The second-order valence-corrected chi connectivity index (χ2v) is 9.11. The molecule has 0 unspecified atom stereocenters. The molecule has 3 rings (SSSR count). The van der Waals surface area contributed by atoms with Crippen molar-refractivity contribution in [3.05, 3.63) is 65.9 Å². The minimum atomic E-state index is -4.61. The van der Waals surface area contributed by atoms with Gasteiger partial charge in [-0.1, -0.05) is 58.7 Å². The van der Waals surface area contributed by atoms with E-state index in [0.29, 0.717) is 23.7 Å². The van der Waals surface area contributed by atoms with E-state index in [2.05, 4.69) is 48.3 Å². The van der Waals surface area contributed by atoms with Gasteiger partial charge in [0.25, 0.3) is 0 Å². The molecule has 2 N–H and O–H groups in total. The number of nitrogens with one attached hydrogen (secondary N) is 2. The molecule has 0 fully saturated rings. The molecule has 0 aliphatic heterocycles. The standard InChI is InChI=1S/C26H31F3N4O/c1-5-6-7-15-34-21-10-8-9-20(16-21)31-23-22(26(27,28)29)17-30-24(33-23)32-19-13-11-18(12-14-19)25(2,3)4/h8-14,16-17H,5-7,15H2,1-4H3,(H2,30,31,32,33). The van der Waals surface area contributed by atoms with Crippen LogP contribution in [-0.2, 0) is 11.6 Å². The molecule has 0 radical (unpaired) electrons. The van der Waals surface area contributed by atoms with E-state index in [9.17, 15) is 13.2 Å². The lowest BCUT2D eigenvalue weighted by Crippen LogP contribution is -2.13. The second kappa shape index (κ2) is 10.8. The van der Waals surface area contributed by atoms with Crippen molar-refractivity contribution in [3.8, 4) is 5.75 Å². The molecule has 0 saturated heterocycles. The number of alkyl halides is 3. The first-order valence-corrected chi connectivity index (χ1v) is 11.4. The minimum absolute atomic E-state index is 0.00523. The molecule has 0 spiro atoms. The van der Waals surface area contributed by atoms with E-state index in [0.717, 1.165) is 31.0 Å². The maximum atomic E-state index is 13.6. The number of rotatable bonds is 9. The SMILES string of the molecule is CCCCCOc1cccc(Nc2nc(Nc3ccc(C(C)(C)C)cc3)ncc2C(F)(F)F)c1. The van der Waals surface area contributed by atoms with Crippen molar-refractivity contribution in [3.63, 3.8) is 0 Å². The number of anilines is 4. The summed E-state index contributed by atoms with van der Waals surface area (Å²) < 4.78 is 46.6. The van der Waals surface area contributed by atoms with Crippen LogP contribution in [0.4, 0.5) is 36.3 Å². The number of benzene rings is 2. The smallest absolute Gasteiger partial charge is 0.421 e. The van der Waals surface area contributed by atoms with Crippen molar-refractivity contribution >= 4 is 23.1 Å². The van der Waals surface area contributed by atoms with Crippen molar-refractivity contribution in [1.29, 1.82) is 0 Å². The van der Waals surface area contributed by atoms with Gasteiger partial charge in [0.1, 0.15) is 17.1 Å². The van der Waals surface area contributed by atoms with Gasteiger partial charge in [0.15, 0.2) is 0 Å². The summed E-state index contributed by atoms with van der Waals surface area (Å²) in [5.74, 6) is 0.312. The van der Waals surface area contributed by atoms with Gasteiger partial charge in [-0.05, 0) is 41.7 Å². The summed E-state index contributed by atoms with van der Waals surface area (Å²) in [6.45, 7) is 8.99. The lowest BCUT2D eigenvalue weighted by atomic mass is 9.87. The van der Waals surface area contributed by atoms with E-state index in [-0.39, 0.29) is 17.2 Å². The van der Waals surface area contributed by atoms with Crippen LogP contribution in [0.5, 0.6) is 5.75 Å². The van der Waals surface area contributed by atoms with Crippen LogP contribution >= 0.6 is 0 Å². The predicted octanol–water partition coefficient (Wildman–Crippen LogP) is 7.85. The Morgan fingerprint density at radius 2 is 1.65 bits per heavy atom. The minimum Gasteiger partial charge on any atom is -0.494 e. The Morgan fingerprint density at radius 3 is 2.29 bits per heavy atom. The molecule has 1 heterocycles. The first-order chi connectivity index (χ1) is 16.1. The Hall–Kier alpha value is -3.29. The lowest BCUT2D eigenvalue weighted by molar-refractivity contribution is -0.137. The van der Waals surface area contributed by atoms with Gasteiger partial charge in [-0.15, -0.1) is 0 Å². The molecule has 0 saturated carbocycles. The summed E-state index contributed by atoms with van der Waals surface area (Å²) in [4.78, 5) is 8.01. The third-order valence-electron chi connectivity index (χ3n) is 5.21. The van der Waals surface area contributed by atoms with Gasteiger partial charge in [-0.25, -0.2) is 4.98 Å². The molecule has 182 valence electrons. The molecular formula is C26H31F3N4O. The Balaban J connectivity index is 1.81. The molecule has 0 atom stereocenters. The summed E-state index contributed by atoms with van der Waals surface area (Å²) in [6, 6.07) is 14.5. The summed E-state index contributed by atoms with van der Waals surface area (Å²) >= 11 is 0. The molecule has 2 aromatic carbocycles. The van der Waals surface area contributed by atoms with Crippen molar-refractivity contribution < 1.29 is 17.9 Å². The van der Waals surface area contributed by atoms with Gasteiger partial charge in [-0.2, -0.15) is 18.2 Å². The number of ether oxygens (including phenoxy) is 1. The van der Waals surface area contributed by atoms with Crippen LogP contribution in [-0.4, -0.2) is 16.6 Å². The average Bonchev–Trinajstić information content (AvgIpc) is 2.76. The molecule has 8 heteroatoms. The highest BCUT2D eigenvalue weighted by molar-refractivity contribution is 5.64. The van der Waals surface area contributed by atoms with Gasteiger partial charge in [0, 0.05) is 23.6 Å². The van der Waals surface area contributed by atoms with Crippen LogP contribution in [0.25, 0.3) is 0 Å². The van der Waals surface area contributed by atoms with E-state index < -0.39 is 11.7 Å². The molecule has 3 aromatic rings. The molecule has 0 aliphatic carbocycles. The predicted molar refractivity (Wildman–Crippen MR) is 130 cm³/mol. The fourth-order valence-corrected chi connectivity index (χ4v) is 3.27. The van der Waals surface area contributed by atoms with Gasteiger partial charge in [0.2, 0.25) is 5.95 Å². The van der Waals surface area contributed by atoms with Gasteiger partial charge in [-0.3, -0.25) is 0 Å². The van der Waals surface area contributed by atoms with Crippen LogP contribution in [0, 0.1) is 0 Å². The van der Waals surface area contributed by atoms with Crippen LogP contribution in [0.1, 0.15) is 58.1 Å². The fraction of sp³-hybridized carbons (Fsp3) is 0.385. The summed E-state index contributed by atoms with van der Waals surface area (Å²) in [7, 11) is 0. The maximum absolute atomic E-state index is 13.6. The zero-order valence-corrected chi connectivity index (χ0v) is 20.0. The van der Waals surface area contributed by atoms with Crippen molar-refractivity contribution in [2.45, 2.75) is 58.5 Å². The number of halogens is 3. The zero-order valence-electron chi connectivity index (χ0n) is 20.0. The highest BCUT2D eigenvalue weighted by Gasteiger charge is 2.35. The van der Waals surface area contributed by atoms with E-state index in [1.54, 1.807) is 24.3 Å². The Kier molecular flexibility index (Phi) is 8.02. The van der Waals surface area contributed by atoms with E-state index in [1.807, 2.05) is 24.3 Å². The molecular weight excluding hydrogens is 441 g/mol. The fourth-order valence-electron chi connectivity index (χ4n) is 3.27. The van der Waals surface area contributed by atoms with Crippen LogP contribution < -0.4 is 15.4 Å². The van der Waals surface area contributed by atoms with E-state index in [4.69, 9.17) is 4.74 Å². The quantitative estimate of drug-likeness (QED) is 0.311. The highest BCUT2D eigenvalue weighted by atomic mass is 19.4. The molecule has 0 amide bonds. The molecule has 0 aliphatic rings. The third-order valence-corrected chi connectivity index (χ3v) is 5.21. The van der Waals surface area contributed by atoms with Gasteiger partial charge < -0.3 is 15.4 Å². The van der Waals surface area contributed by atoms with Gasteiger partial charge in [0.05, 0.1) is 6.61 Å². The van der Waals surface area contributed by atoms with Crippen molar-refractivity contribution in [1.82, 2.24) is 9.97 Å². The maximum Gasteiger partial charge on any atom is 0.421 e. The monoisotopic (exact) mass is 472 g/mol. The summed E-state index contributed by atoms with van der Waals surface area (Å²) in [5, 5.41) is 5.77. The Bertz CT molecular complexity index is 1080. The number of hydrogen-bond acceptors (Lipinski definition) is 5. The number of unbranched alkanes of at least 4 members (excludes halogenated alkanes) is 2. The van der Waals surface area contributed by atoms with Crippen LogP contribution in [0.2, 0.25) is 0 Å². The second-order valence-electron chi connectivity index (χ2n) is 9.11. The number of hydrogen-bond donors (Lipinski definition) is 2. The summed E-state index contributed by atoms with van der Waals surface area (Å²) in [5.41, 5.74) is 1.31. The first kappa shape index (κ1) is 25.3. The van der Waals surface area contributed by atoms with Crippen molar-refractivity contribution in [2.24, 2.45) is 0 Å². The molecule has 34 heavy (non-hydrogen) atoms. The summed E-state index contributed by atoms with van der Waals surface area (Å²) in [6.07, 6.45) is -0.766. The third kappa shape index (κ3) is 7.10. The molecule has 1 aromatic heterocycles. The zero-order chi connectivity index (χ0) is 24.8. The van der Waals surface area contributed by atoms with Crippen LogP contribution in [0.3, 0.4) is 0 Å². The topological polar surface area (TPSA) is 59.1 Å². The number of nitrogens with zero attached hydrogens (tertiary/aromatic N) is 2. The van der Waals surface area contributed by atoms with E-state index in [1.165, 1.54) is 0 Å². The Morgan fingerprint density at radius 1 is 0.912 bits per heavy atom. The highest BCUT2D eigenvalue weighted by Crippen LogP contribution is 2.36. The average molecular weight is 473 g/mol. The normalized spacial score (nSPS) is 11.9. The molecule has 5 nitrogen and oxygen atoms in total. The largest absolute Gasteiger partial charge is 0.494 e. The molecule has 0 bridgehead atoms. The number of aromatic nitrogens is 2. The van der Waals surface area contributed by atoms with E-state index >= 15 is 0 Å². The van der Waals surface area contributed by atoms with Crippen LogP contribution in [0.15, 0.2) is 54.7 Å².